The van der Waals surface area contributed by atoms with Gasteiger partial charge in [0, 0.05) is 24.1 Å². The molecule has 2 aromatic carbocycles. The second-order valence-electron chi connectivity index (χ2n) is 6.26. The number of aryl methyl sites for hydroxylation is 1. The molecule has 0 atom stereocenters. The number of carbonyl (C=O) groups is 1. The highest BCUT2D eigenvalue weighted by Gasteiger charge is 2.07. The molecule has 0 bridgehead atoms. The highest BCUT2D eigenvalue weighted by atomic mass is 35.5. The van der Waals surface area contributed by atoms with Crippen molar-refractivity contribution in [3.8, 4) is 17.4 Å². The Morgan fingerprint density at radius 3 is 2.47 bits per heavy atom. The average molecular weight is 421 g/mol. The van der Waals surface area contributed by atoms with Crippen LogP contribution in [0.15, 0.2) is 73.1 Å². The van der Waals surface area contributed by atoms with Crippen LogP contribution in [0.2, 0.25) is 5.02 Å². The van der Waals surface area contributed by atoms with Crippen molar-refractivity contribution >= 4 is 29.0 Å². The lowest BCUT2D eigenvalue weighted by Crippen LogP contribution is -2.19. The number of amides is 2. The maximum atomic E-state index is 12.1. The summed E-state index contributed by atoms with van der Waals surface area (Å²) in [7, 11) is 0. The molecule has 30 heavy (non-hydrogen) atoms. The zero-order valence-electron chi connectivity index (χ0n) is 15.9. The van der Waals surface area contributed by atoms with E-state index in [1.54, 1.807) is 66.9 Å². The van der Waals surface area contributed by atoms with Crippen molar-refractivity contribution in [1.29, 1.82) is 0 Å². The third-order valence-corrected chi connectivity index (χ3v) is 4.48. The Balaban J connectivity index is 1.36. The number of nitrogens with zero attached hydrogens (tertiary/aromatic N) is 4. The third kappa shape index (κ3) is 4.56. The van der Waals surface area contributed by atoms with E-state index in [-0.39, 0.29) is 0 Å². The molecular weight excluding hydrogens is 404 g/mol. The number of nitrogens with one attached hydrogen (secondary N) is 2. The summed E-state index contributed by atoms with van der Waals surface area (Å²) < 4.78 is 7.53. The molecule has 0 spiro atoms. The van der Waals surface area contributed by atoms with E-state index in [4.69, 9.17) is 16.3 Å². The number of urea groups is 1. The molecule has 8 nitrogen and oxygen atoms in total. The number of hydrogen-bond donors (Lipinski definition) is 2. The van der Waals surface area contributed by atoms with E-state index in [0.29, 0.717) is 33.8 Å². The highest BCUT2D eigenvalue weighted by Crippen LogP contribution is 2.23. The van der Waals surface area contributed by atoms with Gasteiger partial charge in [0.2, 0.25) is 5.88 Å². The molecule has 150 valence electrons. The number of ether oxygens (including phenoxy) is 1. The zero-order chi connectivity index (χ0) is 20.9. The van der Waals surface area contributed by atoms with E-state index in [9.17, 15) is 4.79 Å². The van der Waals surface area contributed by atoms with Crippen molar-refractivity contribution in [1.82, 2.24) is 19.7 Å². The summed E-state index contributed by atoms with van der Waals surface area (Å²) in [5.74, 6) is 2.39. The van der Waals surface area contributed by atoms with E-state index >= 15 is 0 Å². The van der Waals surface area contributed by atoms with Gasteiger partial charge in [-0.3, -0.25) is 4.57 Å². The molecule has 0 unspecified atom stereocenters. The van der Waals surface area contributed by atoms with Gasteiger partial charge in [0.05, 0.1) is 10.7 Å². The van der Waals surface area contributed by atoms with Crippen LogP contribution < -0.4 is 15.4 Å². The van der Waals surface area contributed by atoms with Crippen LogP contribution >= 0.6 is 11.6 Å². The minimum Gasteiger partial charge on any atom is -0.438 e. The predicted molar refractivity (Wildman–Crippen MR) is 115 cm³/mol. The summed E-state index contributed by atoms with van der Waals surface area (Å²) in [6.07, 6.45) is 3.51. The lowest BCUT2D eigenvalue weighted by atomic mass is 10.3. The van der Waals surface area contributed by atoms with E-state index in [0.717, 1.165) is 5.82 Å². The van der Waals surface area contributed by atoms with Gasteiger partial charge in [0.15, 0.2) is 5.82 Å². The Labute approximate surface area is 177 Å². The second kappa shape index (κ2) is 8.62. The van der Waals surface area contributed by atoms with E-state index in [1.807, 2.05) is 17.7 Å². The smallest absolute Gasteiger partial charge is 0.323 e. The normalized spacial score (nSPS) is 10.5. The molecule has 2 amide bonds. The number of para-hydroxylation sites is 1. The molecule has 2 heterocycles. The van der Waals surface area contributed by atoms with Crippen LogP contribution in [0.3, 0.4) is 0 Å². The summed E-state index contributed by atoms with van der Waals surface area (Å²) in [4.78, 5) is 16.3. The van der Waals surface area contributed by atoms with Gasteiger partial charge in [0.25, 0.3) is 0 Å². The van der Waals surface area contributed by atoms with E-state index in [2.05, 4.69) is 25.8 Å². The van der Waals surface area contributed by atoms with Gasteiger partial charge in [-0.15, -0.1) is 10.2 Å². The lowest BCUT2D eigenvalue weighted by molar-refractivity contribution is 0.262. The molecule has 2 N–H and O–H groups in total. The largest absolute Gasteiger partial charge is 0.438 e. The fraction of sp³-hybridized carbons (Fsp3) is 0.0476. The first-order chi connectivity index (χ1) is 14.6. The number of anilines is 2. The van der Waals surface area contributed by atoms with Gasteiger partial charge >= 0.3 is 6.03 Å². The van der Waals surface area contributed by atoms with E-state index in [1.165, 1.54) is 0 Å². The topological polar surface area (TPSA) is 94.0 Å². The standard InChI is InChI=1S/C21H17ClN6O2/c1-14-23-12-13-28(14)19-10-11-20(27-26-19)30-16-8-6-15(7-9-16)24-21(29)25-18-5-3-2-4-17(18)22/h2-13H,1H3,(H2,24,25,29). The summed E-state index contributed by atoms with van der Waals surface area (Å²) >= 11 is 6.04. The number of rotatable bonds is 5. The molecule has 2 aromatic heterocycles. The molecule has 0 aliphatic rings. The number of aromatic nitrogens is 4. The van der Waals surface area contributed by atoms with Gasteiger partial charge in [-0.1, -0.05) is 23.7 Å². The van der Waals surface area contributed by atoms with Gasteiger partial charge < -0.3 is 15.4 Å². The molecule has 4 rings (SSSR count). The van der Waals surface area contributed by atoms with Crippen LogP contribution in [-0.2, 0) is 0 Å². The molecule has 0 saturated carbocycles. The first kappa shape index (κ1) is 19.4. The second-order valence-corrected chi connectivity index (χ2v) is 6.67. The van der Waals surface area contributed by atoms with Crippen LogP contribution in [-0.4, -0.2) is 25.8 Å². The minimum atomic E-state index is -0.395. The minimum absolute atomic E-state index is 0.355. The van der Waals surface area contributed by atoms with Crippen molar-refractivity contribution in [3.63, 3.8) is 0 Å². The monoisotopic (exact) mass is 420 g/mol. The number of imidazole rings is 1. The Bertz CT molecular complexity index is 1160. The number of halogens is 1. The summed E-state index contributed by atoms with van der Waals surface area (Å²) in [6.45, 7) is 1.89. The Kier molecular flexibility index (Phi) is 5.58. The van der Waals surface area contributed by atoms with Crippen molar-refractivity contribution < 1.29 is 9.53 Å². The Morgan fingerprint density at radius 2 is 1.80 bits per heavy atom. The predicted octanol–water partition coefficient (Wildman–Crippen LogP) is 5.06. The Hall–Kier alpha value is -3.91. The van der Waals surface area contributed by atoms with Crippen LogP contribution in [0.25, 0.3) is 5.82 Å². The molecule has 0 saturated heterocycles. The molecule has 4 aromatic rings. The molecule has 0 radical (unpaired) electrons. The fourth-order valence-electron chi connectivity index (χ4n) is 2.69. The van der Waals surface area contributed by atoms with Gasteiger partial charge in [-0.25, -0.2) is 9.78 Å². The van der Waals surface area contributed by atoms with Gasteiger partial charge in [-0.2, -0.15) is 0 Å². The molecule has 0 fully saturated rings. The summed E-state index contributed by atoms with van der Waals surface area (Å²) in [5, 5.41) is 14.1. The van der Waals surface area contributed by atoms with Crippen LogP contribution in [0.4, 0.5) is 16.2 Å². The van der Waals surface area contributed by atoms with E-state index < -0.39 is 6.03 Å². The Morgan fingerprint density at radius 1 is 1.00 bits per heavy atom. The van der Waals surface area contributed by atoms with Crippen LogP contribution in [0.5, 0.6) is 11.6 Å². The highest BCUT2D eigenvalue weighted by molar-refractivity contribution is 6.33. The molecule has 9 heteroatoms. The van der Waals surface area contributed by atoms with Gasteiger partial charge in [-0.05, 0) is 49.4 Å². The van der Waals surface area contributed by atoms with Crippen molar-refractivity contribution in [2.24, 2.45) is 0 Å². The quantitative estimate of drug-likeness (QED) is 0.470. The van der Waals surface area contributed by atoms with Crippen molar-refractivity contribution in [3.05, 3.63) is 83.9 Å². The number of benzene rings is 2. The van der Waals surface area contributed by atoms with Crippen LogP contribution in [0.1, 0.15) is 5.82 Å². The van der Waals surface area contributed by atoms with Crippen molar-refractivity contribution in [2.45, 2.75) is 6.92 Å². The van der Waals surface area contributed by atoms with Gasteiger partial charge in [0.1, 0.15) is 11.6 Å². The zero-order valence-corrected chi connectivity index (χ0v) is 16.7. The first-order valence-corrected chi connectivity index (χ1v) is 9.41. The SMILES string of the molecule is Cc1nccn1-c1ccc(Oc2ccc(NC(=O)Nc3ccccc3Cl)cc2)nn1. The summed E-state index contributed by atoms with van der Waals surface area (Å²) in [5.41, 5.74) is 1.13. The fourth-order valence-corrected chi connectivity index (χ4v) is 2.87. The maximum Gasteiger partial charge on any atom is 0.323 e. The molecule has 0 aliphatic heterocycles. The average Bonchev–Trinajstić information content (AvgIpc) is 3.18. The molecular formula is C21H17ClN6O2. The number of hydrogen-bond acceptors (Lipinski definition) is 5. The number of carbonyl (C=O) groups excluding carboxylic acids is 1. The van der Waals surface area contributed by atoms with Crippen LogP contribution in [0, 0.1) is 6.92 Å². The summed E-state index contributed by atoms with van der Waals surface area (Å²) in [6, 6.07) is 17.0. The first-order valence-electron chi connectivity index (χ1n) is 9.03. The molecule has 0 aliphatic carbocycles. The third-order valence-electron chi connectivity index (χ3n) is 4.16. The van der Waals surface area contributed by atoms with Crippen molar-refractivity contribution in [2.75, 3.05) is 10.6 Å². The maximum absolute atomic E-state index is 12.1. The lowest BCUT2D eigenvalue weighted by Gasteiger charge is -2.10.